The van der Waals surface area contributed by atoms with E-state index in [4.69, 9.17) is 4.42 Å². The summed E-state index contributed by atoms with van der Waals surface area (Å²) in [5.74, 6) is -2.35. The van der Waals surface area contributed by atoms with Crippen molar-refractivity contribution in [2.24, 2.45) is 9.98 Å². The quantitative estimate of drug-likeness (QED) is 0.737. The van der Waals surface area contributed by atoms with Gasteiger partial charge in [0.1, 0.15) is 17.4 Å². The third-order valence-electron chi connectivity index (χ3n) is 4.43. The molecule has 0 spiro atoms. The fourth-order valence-corrected chi connectivity index (χ4v) is 2.93. The van der Waals surface area contributed by atoms with Crippen molar-refractivity contribution in [1.82, 2.24) is 10.6 Å². The van der Waals surface area contributed by atoms with Crippen LogP contribution in [0.2, 0.25) is 0 Å². The van der Waals surface area contributed by atoms with Crippen molar-refractivity contribution < 1.29 is 31.2 Å². The molecule has 2 N–H and O–H groups in total. The van der Waals surface area contributed by atoms with Crippen molar-refractivity contribution in [1.29, 1.82) is 0 Å². The van der Waals surface area contributed by atoms with Crippen molar-refractivity contribution in [3.8, 4) is 0 Å². The summed E-state index contributed by atoms with van der Waals surface area (Å²) >= 11 is 0. The standard InChI is InChI=1S/C18H17F5N4O2/c1-8-11-4-10(19)5-12(20)14(11)29-13(8)15(18(21,22)23)26-16(28)27-17(3)6-24-9(2)25-7-17/h4-6,15H,7H2,1-3H3,(H2,26,27,28). The Balaban J connectivity index is 1.91. The number of alkyl halides is 3. The largest absolute Gasteiger partial charge is 0.455 e. The second-order valence-corrected chi connectivity index (χ2v) is 6.97. The highest BCUT2D eigenvalue weighted by molar-refractivity contribution is 5.94. The minimum atomic E-state index is -4.96. The highest BCUT2D eigenvalue weighted by Gasteiger charge is 2.46. The number of aliphatic imine (C=N–C) groups is 2. The van der Waals surface area contributed by atoms with Gasteiger partial charge in [0.2, 0.25) is 0 Å². The van der Waals surface area contributed by atoms with Gasteiger partial charge in [0.15, 0.2) is 17.4 Å². The summed E-state index contributed by atoms with van der Waals surface area (Å²) in [4.78, 5) is 20.3. The van der Waals surface area contributed by atoms with Crippen molar-refractivity contribution in [3.63, 3.8) is 0 Å². The predicted molar refractivity (Wildman–Crippen MR) is 96.2 cm³/mol. The Bertz CT molecular complexity index is 1030. The number of nitrogens with one attached hydrogen (secondary N) is 2. The molecular formula is C18H17F5N4O2. The number of benzene rings is 1. The third kappa shape index (κ3) is 4.22. The summed E-state index contributed by atoms with van der Waals surface area (Å²) in [5, 5.41) is 4.03. The molecule has 2 aromatic rings. The zero-order chi connectivity index (χ0) is 21.6. The van der Waals surface area contributed by atoms with Gasteiger partial charge in [-0.25, -0.2) is 18.6 Å². The molecule has 29 heavy (non-hydrogen) atoms. The smallest absolute Gasteiger partial charge is 0.416 e. The molecule has 2 amide bonds. The summed E-state index contributed by atoms with van der Waals surface area (Å²) in [6.45, 7) is 4.51. The van der Waals surface area contributed by atoms with Crippen LogP contribution in [0, 0.1) is 18.6 Å². The molecule has 0 fully saturated rings. The van der Waals surface area contributed by atoms with Gasteiger partial charge in [-0.2, -0.15) is 13.2 Å². The number of amidine groups is 1. The van der Waals surface area contributed by atoms with E-state index < -0.39 is 46.8 Å². The monoisotopic (exact) mass is 416 g/mol. The van der Waals surface area contributed by atoms with E-state index >= 15 is 0 Å². The van der Waals surface area contributed by atoms with Crippen molar-refractivity contribution in [2.45, 2.75) is 38.5 Å². The number of rotatable bonds is 3. The van der Waals surface area contributed by atoms with Gasteiger partial charge in [-0.15, -0.1) is 0 Å². The Morgan fingerprint density at radius 2 is 1.97 bits per heavy atom. The van der Waals surface area contributed by atoms with Gasteiger partial charge in [0, 0.05) is 23.2 Å². The summed E-state index contributed by atoms with van der Waals surface area (Å²) < 4.78 is 73.4. The number of hydrogen-bond acceptors (Lipinski definition) is 4. The number of nitrogens with zero attached hydrogens (tertiary/aromatic N) is 2. The van der Waals surface area contributed by atoms with Crippen LogP contribution in [0.5, 0.6) is 0 Å². The normalized spacial score (nSPS) is 20.5. The molecule has 0 aliphatic carbocycles. The van der Waals surface area contributed by atoms with E-state index in [-0.39, 0.29) is 17.5 Å². The van der Waals surface area contributed by atoms with Crippen LogP contribution >= 0.6 is 0 Å². The van der Waals surface area contributed by atoms with E-state index in [9.17, 15) is 26.7 Å². The van der Waals surface area contributed by atoms with E-state index in [0.29, 0.717) is 11.9 Å². The number of hydrogen-bond donors (Lipinski definition) is 2. The maximum Gasteiger partial charge on any atom is 0.416 e. The topological polar surface area (TPSA) is 79.0 Å². The van der Waals surface area contributed by atoms with Gasteiger partial charge in [0.05, 0.1) is 12.1 Å². The van der Waals surface area contributed by atoms with Gasteiger partial charge in [-0.3, -0.25) is 4.99 Å². The summed E-state index contributed by atoms with van der Waals surface area (Å²) in [6, 6.07) is -2.35. The molecule has 1 aliphatic heterocycles. The van der Waals surface area contributed by atoms with Crippen LogP contribution in [-0.2, 0) is 0 Å². The Morgan fingerprint density at radius 1 is 1.28 bits per heavy atom. The molecule has 2 unspecified atom stereocenters. The second-order valence-electron chi connectivity index (χ2n) is 6.97. The number of carbonyl (C=O) groups excluding carboxylic acids is 1. The van der Waals surface area contributed by atoms with E-state index in [1.54, 1.807) is 19.2 Å². The van der Waals surface area contributed by atoms with Crippen LogP contribution in [0.1, 0.15) is 31.2 Å². The fraction of sp³-hybridized carbons (Fsp3) is 0.389. The van der Waals surface area contributed by atoms with Crippen LogP contribution in [0.25, 0.3) is 11.0 Å². The second kappa shape index (κ2) is 7.12. The van der Waals surface area contributed by atoms with Crippen molar-refractivity contribution in [3.05, 3.63) is 35.1 Å². The maximum atomic E-state index is 13.9. The summed E-state index contributed by atoms with van der Waals surface area (Å²) in [6.07, 6.45) is -3.58. The third-order valence-corrected chi connectivity index (χ3v) is 4.43. The number of fused-ring (bicyclic) bond motifs is 1. The molecule has 11 heteroatoms. The molecule has 1 aliphatic rings. The molecule has 3 rings (SSSR count). The molecule has 2 atom stereocenters. The molecule has 6 nitrogen and oxygen atoms in total. The van der Waals surface area contributed by atoms with E-state index in [1.165, 1.54) is 13.1 Å². The van der Waals surface area contributed by atoms with E-state index in [2.05, 4.69) is 15.3 Å². The molecule has 1 aromatic carbocycles. The zero-order valence-electron chi connectivity index (χ0n) is 15.6. The Hall–Kier alpha value is -2.98. The molecule has 1 aromatic heterocycles. The lowest BCUT2D eigenvalue weighted by Crippen LogP contribution is -2.56. The minimum absolute atomic E-state index is 0.0978. The molecule has 2 heterocycles. The Labute approximate surface area is 161 Å². The van der Waals surface area contributed by atoms with Gasteiger partial charge in [-0.1, -0.05) is 0 Å². The fourth-order valence-electron chi connectivity index (χ4n) is 2.93. The Morgan fingerprint density at radius 3 is 2.55 bits per heavy atom. The predicted octanol–water partition coefficient (Wildman–Crippen LogP) is 4.18. The van der Waals surface area contributed by atoms with Gasteiger partial charge in [-0.05, 0) is 26.8 Å². The first-order valence-corrected chi connectivity index (χ1v) is 8.49. The molecule has 156 valence electrons. The first-order valence-electron chi connectivity index (χ1n) is 8.49. The van der Waals surface area contributed by atoms with Gasteiger partial charge in [0.25, 0.3) is 0 Å². The Kier molecular flexibility index (Phi) is 5.10. The van der Waals surface area contributed by atoms with Crippen LogP contribution in [0.15, 0.2) is 26.5 Å². The zero-order valence-corrected chi connectivity index (χ0v) is 15.6. The summed E-state index contributed by atoms with van der Waals surface area (Å²) in [5.41, 5.74) is -1.74. The molecule has 0 saturated carbocycles. The molecule has 0 bridgehead atoms. The number of urea groups is 1. The minimum Gasteiger partial charge on any atom is -0.455 e. The molecule has 0 saturated heterocycles. The number of aryl methyl sites for hydroxylation is 1. The maximum absolute atomic E-state index is 13.9. The van der Waals surface area contributed by atoms with Crippen molar-refractivity contribution in [2.75, 3.05) is 6.54 Å². The summed E-state index contributed by atoms with van der Waals surface area (Å²) in [7, 11) is 0. The lowest BCUT2D eigenvalue weighted by molar-refractivity contribution is -0.158. The highest BCUT2D eigenvalue weighted by Crippen LogP contribution is 2.39. The van der Waals surface area contributed by atoms with Crippen LogP contribution in [0.4, 0.5) is 26.7 Å². The van der Waals surface area contributed by atoms with Gasteiger partial charge >= 0.3 is 12.2 Å². The van der Waals surface area contributed by atoms with Crippen LogP contribution in [-0.4, -0.2) is 36.3 Å². The number of carbonyl (C=O) groups is 1. The van der Waals surface area contributed by atoms with Crippen molar-refractivity contribution >= 4 is 29.1 Å². The number of furan rings is 1. The van der Waals surface area contributed by atoms with Gasteiger partial charge < -0.3 is 15.1 Å². The van der Waals surface area contributed by atoms with E-state index in [1.807, 2.05) is 0 Å². The highest BCUT2D eigenvalue weighted by atomic mass is 19.4. The van der Waals surface area contributed by atoms with Crippen LogP contribution in [0.3, 0.4) is 0 Å². The first kappa shape index (κ1) is 20.7. The first-order chi connectivity index (χ1) is 13.4. The van der Waals surface area contributed by atoms with Crippen LogP contribution < -0.4 is 10.6 Å². The average Bonchev–Trinajstić information content (AvgIpc) is 2.92. The lowest BCUT2D eigenvalue weighted by Gasteiger charge is -2.29. The molecular weight excluding hydrogens is 399 g/mol. The average molecular weight is 416 g/mol. The lowest BCUT2D eigenvalue weighted by atomic mass is 10.0. The molecule has 0 radical (unpaired) electrons. The number of halogens is 5. The SMILES string of the molecule is CC1=NCC(C)(NC(=O)NC(c2oc3c(F)cc(F)cc3c2C)C(F)(F)F)C=N1. The van der Waals surface area contributed by atoms with E-state index in [0.717, 1.165) is 6.07 Å². The number of amides is 2.